The van der Waals surface area contributed by atoms with Gasteiger partial charge < -0.3 is 14.7 Å². The topological polar surface area (TPSA) is 121 Å². The van der Waals surface area contributed by atoms with Crippen molar-refractivity contribution in [3.63, 3.8) is 0 Å². The van der Waals surface area contributed by atoms with E-state index in [1.165, 1.54) is 9.58 Å². The smallest absolute Gasteiger partial charge is 0.280 e. The van der Waals surface area contributed by atoms with Gasteiger partial charge in [0.1, 0.15) is 6.04 Å². The second kappa shape index (κ2) is 8.84. The van der Waals surface area contributed by atoms with E-state index >= 15 is 0 Å². The molecule has 4 heterocycles. The van der Waals surface area contributed by atoms with Gasteiger partial charge in [0.15, 0.2) is 5.69 Å². The molecule has 188 valence electrons. The van der Waals surface area contributed by atoms with Gasteiger partial charge in [0.05, 0.1) is 23.3 Å². The molecule has 1 saturated heterocycles. The zero-order valence-electron chi connectivity index (χ0n) is 20.3. The van der Waals surface area contributed by atoms with Gasteiger partial charge in [-0.25, -0.2) is 4.68 Å². The Morgan fingerprint density at radius 1 is 1.08 bits per heavy atom. The van der Waals surface area contributed by atoms with Crippen molar-refractivity contribution in [3.05, 3.63) is 65.5 Å². The first-order chi connectivity index (χ1) is 17.9. The lowest BCUT2D eigenvalue weighted by Crippen LogP contribution is -2.52. The predicted octanol–water partition coefficient (Wildman–Crippen LogP) is 1.51. The van der Waals surface area contributed by atoms with Crippen LogP contribution in [0.2, 0.25) is 0 Å². The molecule has 4 amide bonds. The van der Waals surface area contributed by atoms with E-state index in [1.807, 2.05) is 30.3 Å². The number of anilines is 2. The number of nitrogens with one attached hydrogen (secondary N) is 1. The van der Waals surface area contributed by atoms with Gasteiger partial charge in [-0.15, -0.1) is 5.10 Å². The number of rotatable bonds is 4. The van der Waals surface area contributed by atoms with Crippen molar-refractivity contribution >= 4 is 35.0 Å². The highest BCUT2D eigenvalue weighted by Gasteiger charge is 2.39. The maximum absolute atomic E-state index is 13.4. The van der Waals surface area contributed by atoms with E-state index in [-0.39, 0.29) is 36.4 Å². The van der Waals surface area contributed by atoms with E-state index in [4.69, 9.17) is 0 Å². The number of carbonyl (C=O) groups excluding carboxylic acids is 4. The summed E-state index contributed by atoms with van der Waals surface area (Å²) in [7, 11) is 0. The van der Waals surface area contributed by atoms with Crippen molar-refractivity contribution in [1.29, 1.82) is 0 Å². The van der Waals surface area contributed by atoms with Crippen LogP contribution in [-0.2, 0) is 16.1 Å². The lowest BCUT2D eigenvalue weighted by Gasteiger charge is -2.36. The zero-order chi connectivity index (χ0) is 25.7. The van der Waals surface area contributed by atoms with E-state index in [0.717, 1.165) is 30.0 Å². The number of benzene rings is 2. The van der Waals surface area contributed by atoms with Crippen LogP contribution in [-0.4, -0.2) is 69.2 Å². The lowest BCUT2D eigenvalue weighted by molar-refractivity contribution is -0.136. The molecule has 3 aliphatic rings. The third kappa shape index (κ3) is 3.83. The summed E-state index contributed by atoms with van der Waals surface area (Å²) in [6.07, 6.45) is 2.10. The Hall–Kier alpha value is -4.54. The number of carbonyl (C=O) groups is 4. The van der Waals surface area contributed by atoms with Crippen LogP contribution in [0, 0.1) is 0 Å². The molecular formula is C26H25N7O4. The minimum absolute atomic E-state index is 0.204. The number of aromatic nitrogens is 3. The molecule has 6 rings (SSSR count). The van der Waals surface area contributed by atoms with E-state index in [1.54, 1.807) is 23.2 Å². The molecule has 0 saturated carbocycles. The van der Waals surface area contributed by atoms with Crippen molar-refractivity contribution < 1.29 is 19.2 Å². The second-order valence-electron chi connectivity index (χ2n) is 9.31. The molecule has 1 N–H and O–H groups in total. The molecule has 0 bridgehead atoms. The standard InChI is InChI=1S/C26H25N7O4/c1-2-30-11-12-31(21-6-4-3-5-20(21)30)26(37)19-15-33(29-28-19)17-7-8-18-16(13-17)14-32(25(18)36)22-9-10-23(34)27-24(22)35/h3-8,13,15,22H,2,9-12,14H2,1H3,(H,27,34,35). The van der Waals surface area contributed by atoms with Crippen LogP contribution in [0.3, 0.4) is 0 Å². The van der Waals surface area contributed by atoms with Crippen molar-refractivity contribution in [2.45, 2.75) is 32.4 Å². The Labute approximate surface area is 212 Å². The maximum atomic E-state index is 13.4. The minimum atomic E-state index is -0.673. The molecule has 1 aromatic heterocycles. The lowest BCUT2D eigenvalue weighted by atomic mass is 10.0. The largest absolute Gasteiger partial charge is 0.368 e. The average molecular weight is 500 g/mol. The number of amides is 4. The zero-order valence-corrected chi connectivity index (χ0v) is 20.3. The second-order valence-corrected chi connectivity index (χ2v) is 9.31. The van der Waals surface area contributed by atoms with Crippen molar-refractivity contribution in [2.75, 3.05) is 29.4 Å². The van der Waals surface area contributed by atoms with Gasteiger partial charge in [0, 0.05) is 38.2 Å². The number of likely N-dealkylation sites (N-methyl/N-ethyl adjacent to an activating group) is 1. The van der Waals surface area contributed by atoms with Gasteiger partial charge in [-0.3, -0.25) is 24.5 Å². The first-order valence-electron chi connectivity index (χ1n) is 12.3. The summed E-state index contributed by atoms with van der Waals surface area (Å²) < 4.78 is 1.51. The molecule has 3 aromatic rings. The molecule has 1 atom stereocenters. The van der Waals surface area contributed by atoms with E-state index in [0.29, 0.717) is 24.2 Å². The van der Waals surface area contributed by atoms with Gasteiger partial charge in [0.25, 0.3) is 11.8 Å². The number of nitrogens with zero attached hydrogens (tertiary/aromatic N) is 6. The minimum Gasteiger partial charge on any atom is -0.368 e. The van der Waals surface area contributed by atoms with Gasteiger partial charge in [0.2, 0.25) is 11.8 Å². The van der Waals surface area contributed by atoms with Gasteiger partial charge in [-0.1, -0.05) is 17.3 Å². The summed E-state index contributed by atoms with van der Waals surface area (Å²) in [5.41, 5.74) is 4.00. The number of para-hydroxylation sites is 2. The van der Waals surface area contributed by atoms with E-state index in [2.05, 4.69) is 27.5 Å². The summed E-state index contributed by atoms with van der Waals surface area (Å²) in [6, 6.07) is 12.4. The molecular weight excluding hydrogens is 474 g/mol. The highest BCUT2D eigenvalue weighted by molar-refractivity contribution is 6.07. The third-order valence-corrected chi connectivity index (χ3v) is 7.22. The Morgan fingerprint density at radius 3 is 2.68 bits per heavy atom. The SMILES string of the molecule is CCN1CCN(C(=O)c2cn(-c3ccc4c(c3)CN(C3CCC(=O)NC3=O)C4=O)nn2)c2ccccc21. The summed E-state index contributed by atoms with van der Waals surface area (Å²) in [6.45, 7) is 4.49. The fraction of sp³-hybridized carbons (Fsp3) is 0.308. The summed E-state index contributed by atoms with van der Waals surface area (Å²) in [4.78, 5) is 55.6. The van der Waals surface area contributed by atoms with Crippen LogP contribution in [0.1, 0.15) is 46.2 Å². The van der Waals surface area contributed by atoms with Crippen LogP contribution in [0.5, 0.6) is 0 Å². The van der Waals surface area contributed by atoms with Crippen molar-refractivity contribution in [2.24, 2.45) is 0 Å². The van der Waals surface area contributed by atoms with Crippen LogP contribution in [0.15, 0.2) is 48.7 Å². The van der Waals surface area contributed by atoms with Crippen molar-refractivity contribution in [3.8, 4) is 5.69 Å². The van der Waals surface area contributed by atoms with Crippen LogP contribution in [0.4, 0.5) is 11.4 Å². The number of fused-ring (bicyclic) bond motifs is 2. The Morgan fingerprint density at radius 2 is 1.89 bits per heavy atom. The molecule has 0 radical (unpaired) electrons. The number of hydrogen-bond donors (Lipinski definition) is 1. The average Bonchev–Trinajstić information content (AvgIpc) is 3.53. The molecule has 1 unspecified atom stereocenters. The monoisotopic (exact) mass is 499 g/mol. The Bertz CT molecular complexity index is 1450. The third-order valence-electron chi connectivity index (χ3n) is 7.22. The van der Waals surface area contributed by atoms with Crippen molar-refractivity contribution in [1.82, 2.24) is 25.2 Å². The van der Waals surface area contributed by atoms with Gasteiger partial charge in [-0.05, 0) is 49.2 Å². The fourth-order valence-electron chi connectivity index (χ4n) is 5.29. The van der Waals surface area contributed by atoms with Crippen LogP contribution >= 0.6 is 0 Å². The van der Waals surface area contributed by atoms with Gasteiger partial charge >= 0.3 is 0 Å². The Balaban J connectivity index is 1.23. The molecule has 37 heavy (non-hydrogen) atoms. The first-order valence-corrected chi connectivity index (χ1v) is 12.3. The quantitative estimate of drug-likeness (QED) is 0.540. The molecule has 1 fully saturated rings. The molecule has 11 nitrogen and oxygen atoms in total. The molecule has 3 aliphatic heterocycles. The number of piperidine rings is 1. The number of hydrogen-bond acceptors (Lipinski definition) is 7. The maximum Gasteiger partial charge on any atom is 0.280 e. The van der Waals surface area contributed by atoms with Crippen LogP contribution in [0.25, 0.3) is 5.69 Å². The normalized spacial score (nSPS) is 19.1. The number of imide groups is 1. The van der Waals surface area contributed by atoms with E-state index in [9.17, 15) is 19.2 Å². The summed E-state index contributed by atoms with van der Waals surface area (Å²) in [5, 5.41) is 10.6. The molecule has 11 heteroatoms. The fourth-order valence-corrected chi connectivity index (χ4v) is 5.29. The van der Waals surface area contributed by atoms with Crippen LogP contribution < -0.4 is 15.1 Å². The van der Waals surface area contributed by atoms with E-state index < -0.39 is 11.9 Å². The molecule has 2 aromatic carbocycles. The Kier molecular flexibility index (Phi) is 5.47. The summed E-state index contributed by atoms with van der Waals surface area (Å²) in [5.74, 6) is -1.23. The molecule has 0 spiro atoms. The first kappa shape index (κ1) is 22.9. The highest BCUT2D eigenvalue weighted by atomic mass is 16.2. The molecule has 0 aliphatic carbocycles. The summed E-state index contributed by atoms with van der Waals surface area (Å²) >= 11 is 0. The predicted molar refractivity (Wildman–Crippen MR) is 133 cm³/mol. The highest BCUT2D eigenvalue weighted by Crippen LogP contribution is 2.33. The van der Waals surface area contributed by atoms with Gasteiger partial charge in [-0.2, -0.15) is 0 Å².